The van der Waals surface area contributed by atoms with E-state index in [1.165, 1.54) is 0 Å². The molecule has 3 atom stereocenters. The minimum absolute atomic E-state index is 0.219. The lowest BCUT2D eigenvalue weighted by molar-refractivity contribution is -0.164. The van der Waals surface area contributed by atoms with Crippen molar-refractivity contribution in [2.24, 2.45) is 5.92 Å². The second kappa shape index (κ2) is 3.42. The Morgan fingerprint density at radius 1 is 1.60 bits per heavy atom. The quantitative estimate of drug-likeness (QED) is 0.592. The first-order valence-corrected chi connectivity index (χ1v) is 4.84. The van der Waals surface area contributed by atoms with Gasteiger partial charge in [-0.3, -0.25) is 0 Å². The predicted octanol–water partition coefficient (Wildman–Crippen LogP) is 0.250. The largest absolute Gasteiger partial charge is 0.596 e. The molecule has 0 aromatic carbocycles. The Bertz CT molecular complexity index is 137. The van der Waals surface area contributed by atoms with Gasteiger partial charge in [0.2, 0.25) is 0 Å². The SMILES string of the molecule is O=[P+]([O-])CC1CCC(O)C1. The third-order valence-corrected chi connectivity index (χ3v) is 2.74. The lowest BCUT2D eigenvalue weighted by Crippen LogP contribution is -2.04. The average Bonchev–Trinajstić information content (AvgIpc) is 2.13. The van der Waals surface area contributed by atoms with E-state index in [9.17, 15) is 9.46 Å². The minimum atomic E-state index is -2.24. The minimum Gasteiger partial charge on any atom is -0.596 e. The van der Waals surface area contributed by atoms with Crippen LogP contribution in [0.5, 0.6) is 0 Å². The second-order valence-electron chi connectivity index (χ2n) is 2.85. The summed E-state index contributed by atoms with van der Waals surface area (Å²) < 4.78 is 10.2. The number of aliphatic hydroxyl groups excluding tert-OH is 1. The normalized spacial score (nSPS) is 34.4. The molecule has 0 aliphatic heterocycles. The Hall–Kier alpha value is 0.0200. The van der Waals surface area contributed by atoms with Crippen LogP contribution in [0.2, 0.25) is 0 Å². The summed E-state index contributed by atoms with van der Waals surface area (Å²) in [4.78, 5) is 10.2. The van der Waals surface area contributed by atoms with Crippen LogP contribution in [0, 0.1) is 5.92 Å². The van der Waals surface area contributed by atoms with E-state index in [0.717, 1.165) is 12.8 Å². The van der Waals surface area contributed by atoms with Gasteiger partial charge in [0.1, 0.15) is 6.16 Å². The zero-order chi connectivity index (χ0) is 7.56. The maximum Gasteiger partial charge on any atom is 0.309 e. The molecule has 0 heterocycles. The van der Waals surface area contributed by atoms with E-state index < -0.39 is 8.03 Å². The van der Waals surface area contributed by atoms with E-state index in [1.807, 2.05) is 0 Å². The van der Waals surface area contributed by atoms with Crippen molar-refractivity contribution in [2.45, 2.75) is 25.4 Å². The molecule has 0 amide bonds. The van der Waals surface area contributed by atoms with Crippen molar-refractivity contribution >= 4 is 8.03 Å². The number of aliphatic hydroxyl groups is 1. The van der Waals surface area contributed by atoms with Crippen LogP contribution in [0.15, 0.2) is 0 Å². The fourth-order valence-corrected chi connectivity index (χ4v) is 2.18. The van der Waals surface area contributed by atoms with Crippen LogP contribution < -0.4 is 4.89 Å². The first-order valence-electron chi connectivity index (χ1n) is 3.48. The van der Waals surface area contributed by atoms with Gasteiger partial charge in [-0.05, 0) is 19.3 Å². The van der Waals surface area contributed by atoms with E-state index >= 15 is 0 Å². The molecule has 4 heteroatoms. The highest BCUT2D eigenvalue weighted by molar-refractivity contribution is 7.36. The first kappa shape index (κ1) is 8.12. The van der Waals surface area contributed by atoms with Crippen molar-refractivity contribution in [2.75, 3.05) is 6.16 Å². The van der Waals surface area contributed by atoms with Crippen LogP contribution in [0.1, 0.15) is 19.3 Å². The third-order valence-electron chi connectivity index (χ3n) is 1.92. The summed E-state index contributed by atoms with van der Waals surface area (Å²) in [6.45, 7) is 0. The van der Waals surface area contributed by atoms with E-state index in [0.29, 0.717) is 6.42 Å². The predicted molar refractivity (Wildman–Crippen MR) is 35.8 cm³/mol. The van der Waals surface area contributed by atoms with Crippen LogP contribution >= 0.6 is 8.03 Å². The molecule has 0 radical (unpaired) electrons. The Morgan fingerprint density at radius 2 is 2.30 bits per heavy atom. The summed E-state index contributed by atoms with van der Waals surface area (Å²) in [6, 6.07) is 0. The molecule has 0 spiro atoms. The van der Waals surface area contributed by atoms with Crippen LogP contribution in [0.25, 0.3) is 0 Å². The van der Waals surface area contributed by atoms with Crippen molar-refractivity contribution < 1.29 is 14.6 Å². The Morgan fingerprint density at radius 3 is 2.70 bits per heavy atom. The smallest absolute Gasteiger partial charge is 0.309 e. The summed E-state index contributed by atoms with van der Waals surface area (Å²) in [7, 11) is -2.24. The molecule has 0 saturated heterocycles. The average molecular weight is 162 g/mol. The van der Waals surface area contributed by atoms with Gasteiger partial charge in [0.25, 0.3) is 0 Å². The van der Waals surface area contributed by atoms with Gasteiger partial charge >= 0.3 is 8.03 Å². The van der Waals surface area contributed by atoms with E-state index in [1.54, 1.807) is 0 Å². The van der Waals surface area contributed by atoms with Gasteiger partial charge in [0.15, 0.2) is 0 Å². The molecule has 3 nitrogen and oxygen atoms in total. The molecule has 1 aliphatic carbocycles. The summed E-state index contributed by atoms with van der Waals surface area (Å²) in [5.41, 5.74) is 0. The standard InChI is InChI=1S/C6H11O3P/c7-6-2-1-5(3-6)4-10(8)9/h5-7H,1-4H2. The van der Waals surface area contributed by atoms with Crippen LogP contribution in [0.4, 0.5) is 0 Å². The first-order chi connectivity index (χ1) is 4.68. The molecule has 1 saturated carbocycles. The summed E-state index contributed by atoms with van der Waals surface area (Å²) in [5, 5.41) is 9.02. The lowest BCUT2D eigenvalue weighted by Gasteiger charge is -2.00. The fourth-order valence-electron chi connectivity index (χ4n) is 1.43. The summed E-state index contributed by atoms with van der Waals surface area (Å²) in [6.07, 6.45) is 2.31. The molecule has 58 valence electrons. The molecule has 0 bridgehead atoms. The van der Waals surface area contributed by atoms with Crippen molar-refractivity contribution in [1.29, 1.82) is 0 Å². The van der Waals surface area contributed by atoms with Gasteiger partial charge < -0.3 is 10.00 Å². The molecule has 3 unspecified atom stereocenters. The Labute approximate surface area is 60.9 Å². The van der Waals surface area contributed by atoms with E-state index in [4.69, 9.17) is 5.11 Å². The van der Waals surface area contributed by atoms with Gasteiger partial charge in [-0.15, -0.1) is 0 Å². The van der Waals surface area contributed by atoms with Gasteiger partial charge in [0.05, 0.1) is 6.10 Å². The van der Waals surface area contributed by atoms with Gasteiger partial charge in [0, 0.05) is 5.92 Å². The number of rotatable bonds is 2. The number of hydrogen-bond donors (Lipinski definition) is 1. The maximum absolute atomic E-state index is 10.2. The van der Waals surface area contributed by atoms with Crippen molar-refractivity contribution in [3.05, 3.63) is 0 Å². The zero-order valence-corrected chi connectivity index (χ0v) is 6.59. The summed E-state index contributed by atoms with van der Waals surface area (Å²) >= 11 is 0. The zero-order valence-electron chi connectivity index (χ0n) is 5.69. The topological polar surface area (TPSA) is 60.4 Å². The van der Waals surface area contributed by atoms with Crippen LogP contribution in [-0.4, -0.2) is 17.4 Å². The van der Waals surface area contributed by atoms with Crippen molar-refractivity contribution in [3.63, 3.8) is 0 Å². The van der Waals surface area contributed by atoms with E-state index in [2.05, 4.69) is 0 Å². The molecule has 1 fully saturated rings. The molecule has 1 rings (SSSR count). The molecule has 1 N–H and O–H groups in total. The molecule has 1 aliphatic rings. The van der Waals surface area contributed by atoms with Crippen molar-refractivity contribution in [3.8, 4) is 0 Å². The number of hydrogen-bond acceptors (Lipinski definition) is 3. The maximum atomic E-state index is 10.2. The van der Waals surface area contributed by atoms with Gasteiger partial charge in [-0.1, -0.05) is 4.57 Å². The second-order valence-corrected chi connectivity index (χ2v) is 3.88. The molecular weight excluding hydrogens is 151 g/mol. The Kier molecular flexibility index (Phi) is 2.78. The highest BCUT2D eigenvalue weighted by Crippen LogP contribution is 2.30. The molecule has 0 aromatic heterocycles. The van der Waals surface area contributed by atoms with Crippen molar-refractivity contribution in [1.82, 2.24) is 0 Å². The Balaban J connectivity index is 2.24. The van der Waals surface area contributed by atoms with Crippen LogP contribution in [-0.2, 0) is 4.57 Å². The highest BCUT2D eigenvalue weighted by Gasteiger charge is 2.26. The molecule has 0 aromatic rings. The molecule has 10 heavy (non-hydrogen) atoms. The lowest BCUT2D eigenvalue weighted by atomic mass is 10.1. The highest BCUT2D eigenvalue weighted by atomic mass is 31.1. The monoisotopic (exact) mass is 162 g/mol. The van der Waals surface area contributed by atoms with E-state index in [-0.39, 0.29) is 18.2 Å². The van der Waals surface area contributed by atoms with Crippen LogP contribution in [0.3, 0.4) is 0 Å². The third kappa shape index (κ3) is 2.33. The fraction of sp³-hybridized carbons (Fsp3) is 1.00. The van der Waals surface area contributed by atoms with Gasteiger partial charge in [-0.2, -0.15) is 0 Å². The van der Waals surface area contributed by atoms with Gasteiger partial charge in [-0.25, -0.2) is 0 Å². The summed E-state index contributed by atoms with van der Waals surface area (Å²) in [5.74, 6) is 0.219. The molecular formula is C6H11O3P.